The third-order valence-corrected chi connectivity index (χ3v) is 21.2. The number of alkyl halides is 1. The first-order valence-corrected chi connectivity index (χ1v) is 43.3. The van der Waals surface area contributed by atoms with Crippen LogP contribution in [0.4, 0.5) is 0 Å². The van der Waals surface area contributed by atoms with Crippen molar-refractivity contribution in [2.45, 2.75) is 146 Å². The van der Waals surface area contributed by atoms with Crippen molar-refractivity contribution in [1.29, 1.82) is 0 Å². The van der Waals surface area contributed by atoms with Gasteiger partial charge in [-0.2, -0.15) is 20.4 Å². The van der Waals surface area contributed by atoms with Crippen molar-refractivity contribution in [1.82, 2.24) is 40.8 Å². The average Bonchev–Trinajstić information content (AvgIpc) is 1.65. The molecule has 8 heterocycles. The summed E-state index contributed by atoms with van der Waals surface area (Å²) in [4.78, 5) is 153. The number of carbonyl (C=O) groups excluding carboxylic acids is 13. The summed E-state index contributed by atoms with van der Waals surface area (Å²) in [5, 5.41) is 35.2. The number of amides is 4. The molecule has 3 aromatic carbocycles. The van der Waals surface area contributed by atoms with Gasteiger partial charge in [0.05, 0.1) is 93.4 Å². The second-order valence-corrected chi connectivity index (χ2v) is 33.3. The van der Waals surface area contributed by atoms with Crippen molar-refractivity contribution in [3.63, 3.8) is 0 Å². The Morgan fingerprint density at radius 3 is 1.18 bits per heavy atom. The van der Waals surface area contributed by atoms with E-state index in [1.54, 1.807) is 58.0 Å². The first-order chi connectivity index (χ1) is 58.7. The fourth-order valence-electron chi connectivity index (χ4n) is 10.4. The van der Waals surface area contributed by atoms with Gasteiger partial charge in [0.25, 0.3) is 17.7 Å². The summed E-state index contributed by atoms with van der Waals surface area (Å²) in [6.45, 7) is 26.2. The Balaban J connectivity index is 0.000000248. The highest BCUT2D eigenvalue weighted by Gasteiger charge is 2.52. The molecule has 0 bridgehead atoms. The van der Waals surface area contributed by atoms with Crippen LogP contribution in [0.5, 0.6) is 29.0 Å². The van der Waals surface area contributed by atoms with Gasteiger partial charge in [0.2, 0.25) is 23.6 Å². The molecule has 0 aliphatic carbocycles. The van der Waals surface area contributed by atoms with Gasteiger partial charge in [0, 0.05) is 34.9 Å². The molecule has 35 nitrogen and oxygen atoms in total. The third kappa shape index (κ3) is 30.4. The van der Waals surface area contributed by atoms with Crippen LogP contribution in [-0.4, -0.2) is 215 Å². The van der Waals surface area contributed by atoms with E-state index >= 15 is 0 Å². The van der Waals surface area contributed by atoms with E-state index in [0.29, 0.717) is 38.2 Å². The Labute approximate surface area is 782 Å². The molecule has 0 saturated carbocycles. The summed E-state index contributed by atoms with van der Waals surface area (Å²) in [7, 11) is -0.572. The molecule has 0 spiro atoms. The third-order valence-electron chi connectivity index (χ3n) is 17.3. The number of aromatic nitrogens is 4. The highest BCUT2D eigenvalue weighted by atomic mass is 79.9. The van der Waals surface area contributed by atoms with Gasteiger partial charge in [0.1, 0.15) is 42.9 Å². The minimum Gasteiger partial charge on any atom is -0.465 e. The fraction of sp³-hybridized carbons (Fsp3) is 0.410. The zero-order valence-corrected chi connectivity index (χ0v) is 80.0. The van der Waals surface area contributed by atoms with Crippen molar-refractivity contribution in [2.75, 3.05) is 57.9 Å². The Kier molecular flexibility index (Phi) is 40.6. The predicted molar refractivity (Wildman–Crippen MR) is 476 cm³/mol. The van der Waals surface area contributed by atoms with E-state index in [2.05, 4.69) is 108 Å². The molecule has 1 N–H and O–H groups in total. The minimum atomic E-state index is -0.649. The van der Waals surface area contributed by atoms with Crippen LogP contribution in [0.25, 0.3) is 0 Å². The van der Waals surface area contributed by atoms with Crippen molar-refractivity contribution in [3.05, 3.63) is 123 Å². The number of aliphatic imine (C=N–C) groups is 1. The summed E-state index contributed by atoms with van der Waals surface area (Å²) in [6, 6.07) is 12.5. The van der Waals surface area contributed by atoms with Crippen LogP contribution >= 0.6 is 141 Å². The molecule has 670 valence electrons. The zero-order valence-electron chi connectivity index (χ0n) is 69.2. The number of dihydropyridines is 1. The molecule has 1 saturated heterocycles. The molecular formula is C78H81BBr3Cl8N13O22. The lowest BCUT2D eigenvalue weighted by Gasteiger charge is -2.32. The number of esters is 4. The summed E-state index contributed by atoms with van der Waals surface area (Å²) in [5.74, 6) is -4.66. The van der Waals surface area contributed by atoms with Crippen molar-refractivity contribution >= 4 is 256 Å². The normalized spacial score (nSPS) is 15.9. The van der Waals surface area contributed by atoms with E-state index in [9.17, 15) is 62.3 Å². The van der Waals surface area contributed by atoms with Crippen LogP contribution in [-0.2, 0) is 90.6 Å². The molecule has 4 amide bonds. The van der Waals surface area contributed by atoms with E-state index in [1.165, 1.54) is 24.3 Å². The maximum absolute atomic E-state index is 12.5. The second kappa shape index (κ2) is 48.4. The van der Waals surface area contributed by atoms with Gasteiger partial charge in [-0.05, 0) is 158 Å². The molecule has 6 aliphatic heterocycles. The lowest BCUT2D eigenvalue weighted by atomic mass is 9.79. The molecule has 0 radical (unpaired) electrons. The van der Waals surface area contributed by atoms with E-state index in [0.717, 1.165) is 26.2 Å². The van der Waals surface area contributed by atoms with Crippen LogP contribution in [0.1, 0.15) is 157 Å². The molecular weight excluding hydrogens is 2010 g/mol. The number of halogens is 11. The van der Waals surface area contributed by atoms with E-state index < -0.39 is 91.4 Å². The Bertz CT molecular complexity index is 5150. The molecule has 0 atom stereocenters. The Morgan fingerprint density at radius 2 is 0.832 bits per heavy atom. The summed E-state index contributed by atoms with van der Waals surface area (Å²) in [5.41, 5.74) is 4.45. The largest absolute Gasteiger partial charge is 0.494 e. The van der Waals surface area contributed by atoms with Gasteiger partial charge in [-0.1, -0.05) is 150 Å². The first kappa shape index (κ1) is 105. The van der Waals surface area contributed by atoms with Crippen molar-refractivity contribution < 1.29 is 105 Å². The molecule has 6 aliphatic rings. The highest BCUT2D eigenvalue weighted by molar-refractivity contribution is 9.19. The monoisotopic (exact) mass is 2080 g/mol. The number of rotatable bonds is 22. The van der Waals surface area contributed by atoms with Crippen molar-refractivity contribution in [2.24, 2.45) is 31.3 Å². The van der Waals surface area contributed by atoms with Crippen LogP contribution < -0.4 is 25.1 Å². The number of ketones is 5. The van der Waals surface area contributed by atoms with E-state index in [4.69, 9.17) is 126 Å². The first-order valence-electron chi connectivity index (χ1n) is 37.5. The number of benzene rings is 3. The number of nitrogens with one attached hydrogen (secondary N) is 1. The smallest absolute Gasteiger partial charge is 0.465 e. The van der Waals surface area contributed by atoms with Gasteiger partial charge in [0.15, 0.2) is 65.7 Å². The molecule has 11 rings (SSSR count). The zero-order chi connectivity index (χ0) is 93.4. The topological polar surface area (TPSA) is 440 Å². The SMILES string of the molecule is CC(C)c1cc(Oc2c(Cl)cc(B3OC(C)(C)C(C)(C)O3)cc2Cl)nnc1Cl.CCOC(=O)CBr.CCOC(=O)CN1N=C(Br)C(=O)CC1=O.CCOC(=O)CN1N=C(c2cc(Cl)c(OC3=NCC(=O)C(C(C)C)=C3)c(Cl)c2)C(=O)CC1=O.CCOC(=O)CN1N=C(c2cc(Cl)c(Oc3cc(C(C)C)c(Cl)nn3)c(Cl)c2)C(=O)CC1=O.O=C1CC(=O)C(Br)=NN1. The molecule has 47 heteroatoms. The second-order valence-electron chi connectivity index (χ2n) is 28.1. The van der Waals surface area contributed by atoms with E-state index in [-0.39, 0.29) is 185 Å². The maximum Gasteiger partial charge on any atom is 0.494 e. The summed E-state index contributed by atoms with van der Waals surface area (Å²) < 4.78 is 48.4. The summed E-state index contributed by atoms with van der Waals surface area (Å²) >= 11 is 59.2. The highest BCUT2D eigenvalue weighted by Crippen LogP contribution is 2.42. The number of carbonyl (C=O) groups is 13. The van der Waals surface area contributed by atoms with Crippen LogP contribution in [0.3, 0.4) is 0 Å². The number of hydrogen-bond donors (Lipinski definition) is 1. The Morgan fingerprint density at radius 1 is 0.472 bits per heavy atom. The van der Waals surface area contributed by atoms with E-state index in [1.807, 2.05) is 69.2 Å². The van der Waals surface area contributed by atoms with Crippen LogP contribution in [0.2, 0.25) is 40.4 Å². The number of hydrazone groups is 4. The van der Waals surface area contributed by atoms with Gasteiger partial charge >= 0.3 is 31.0 Å². The standard InChI is InChI=1S/C22H21Cl2N3O6.C21H19Cl3N4O5.C19H22BCl3N2O3.C8H9BrN2O4.C4H3BrN2O2.C4H7BrO2/c1-4-32-20(31)10-27-19(30)8-16(28)21(26-27)12-5-14(23)22(15(24)6-12)33-18-7-13(11(2)3)17(29)9-25-18;1-4-32-18(31)9-28-17(30)8-15(29)19(27-28)11-5-13(22)20(14(23)6-11)33-16-7-12(10(2)3)21(24)26-25-16;1-10(2)12-9-15(24-25-17(12)23)26-16-13(21)7-11(8-14(16)22)20-27-18(3,4)19(5,6)28-20;1-2-15-7(14)4-11-6(13)3-5(12)8(9)10-11;5-4-2(8)1-3(9)6-7-4;1-2-7-4(6)3-5/h5-7,11H,4,8-10H2,1-3H3;5-7,10H,4,8-9H2,1-3H3;7-10H,1-6H3;2-4H2,1H3;1H2,(H,6,9);2-3H2,1H3. The quantitative estimate of drug-likeness (QED) is 0.0221. The average molecular weight is 2090 g/mol. The molecule has 5 aromatic rings. The minimum absolute atomic E-state index is 0.00416. The maximum atomic E-state index is 12.5. The number of hydrogen-bond acceptors (Lipinski definition) is 31. The molecule has 2 aromatic heterocycles. The van der Waals surface area contributed by atoms with Gasteiger partial charge < -0.3 is 42.5 Å². The number of nitrogens with zero attached hydrogens (tertiary/aromatic N) is 12. The molecule has 1 fully saturated rings. The lowest BCUT2D eigenvalue weighted by Crippen LogP contribution is -2.41. The van der Waals surface area contributed by atoms with Crippen LogP contribution in [0.15, 0.2) is 85.6 Å². The van der Waals surface area contributed by atoms with Gasteiger partial charge in [-0.3, -0.25) is 62.3 Å². The lowest BCUT2D eigenvalue weighted by molar-refractivity contribution is -0.150. The van der Waals surface area contributed by atoms with Crippen molar-refractivity contribution in [3.8, 4) is 29.0 Å². The number of ether oxygens (including phenoxy) is 7. The molecule has 0 unspecified atom stereocenters. The van der Waals surface area contributed by atoms with Crippen LogP contribution in [0, 0.1) is 5.92 Å². The Hall–Kier alpha value is -8.84. The summed E-state index contributed by atoms with van der Waals surface area (Å²) in [6.07, 6.45) is 0.252. The number of Topliss-reactive ketones (excluding diaryl/α,β-unsaturated/α-hetero) is 5. The van der Waals surface area contributed by atoms with Gasteiger partial charge in [-0.25, -0.2) is 25.4 Å². The fourth-order valence-corrected chi connectivity index (χ4v) is 13.5. The molecule has 125 heavy (non-hydrogen) atoms. The van der Waals surface area contributed by atoms with Gasteiger partial charge in [-0.15, -0.1) is 20.4 Å². The predicted octanol–water partition coefficient (Wildman–Crippen LogP) is 13.9.